The van der Waals surface area contributed by atoms with Crippen LogP contribution in [-0.4, -0.2) is 83.4 Å². The Kier molecular flexibility index (Phi) is 7.37. The molecule has 4 aliphatic heterocycles. The standard InChI is InChI=1S/C30H33N5O5S/c1-19-9-21(12-31-11-19)29(38)35-13-24-23-5-3-6-25-28(23)40-18-30(24,17-35)16-32-26(36)14-34(7-4-8-39-25)27(37)10-22-15-41-20(2)33-22/h3,5-6,9,11-12,15,24H,4,7-8,10,13-14,16-18H2,1-2H3,(H,32,36)/t24-,30+/m0/s1. The van der Waals surface area contributed by atoms with Crippen molar-refractivity contribution in [3.05, 3.63) is 69.4 Å². The molecule has 2 atom stereocenters. The first-order chi connectivity index (χ1) is 19.8. The summed E-state index contributed by atoms with van der Waals surface area (Å²) >= 11 is 1.50. The fourth-order valence-corrected chi connectivity index (χ4v) is 6.68. The van der Waals surface area contributed by atoms with Crippen LogP contribution in [0.4, 0.5) is 0 Å². The number of likely N-dealkylation sites (tertiary alicyclic amines) is 1. The van der Waals surface area contributed by atoms with E-state index in [9.17, 15) is 14.4 Å². The van der Waals surface area contributed by atoms with E-state index in [1.165, 1.54) is 11.3 Å². The van der Waals surface area contributed by atoms with Gasteiger partial charge in [-0.2, -0.15) is 0 Å². The van der Waals surface area contributed by atoms with Gasteiger partial charge in [-0.05, 0) is 38.0 Å². The van der Waals surface area contributed by atoms with Crippen LogP contribution in [0.2, 0.25) is 0 Å². The van der Waals surface area contributed by atoms with E-state index in [1.807, 2.05) is 48.4 Å². The highest BCUT2D eigenvalue weighted by atomic mass is 32.1. The molecule has 11 heteroatoms. The zero-order valence-corrected chi connectivity index (χ0v) is 24.0. The van der Waals surface area contributed by atoms with Crippen molar-refractivity contribution in [1.29, 1.82) is 0 Å². The van der Waals surface area contributed by atoms with E-state index in [-0.39, 0.29) is 36.6 Å². The highest BCUT2D eigenvalue weighted by molar-refractivity contribution is 7.09. The van der Waals surface area contributed by atoms with Crippen LogP contribution in [0, 0.1) is 19.3 Å². The van der Waals surface area contributed by atoms with E-state index in [2.05, 4.69) is 15.3 Å². The third kappa shape index (κ3) is 5.50. The minimum atomic E-state index is -0.536. The van der Waals surface area contributed by atoms with Gasteiger partial charge < -0.3 is 24.6 Å². The summed E-state index contributed by atoms with van der Waals surface area (Å²) in [5.41, 5.74) is 2.61. The van der Waals surface area contributed by atoms with E-state index in [0.29, 0.717) is 68.6 Å². The van der Waals surface area contributed by atoms with Gasteiger partial charge in [-0.15, -0.1) is 11.3 Å². The Labute approximate surface area is 242 Å². The maximum atomic E-state index is 13.6. The molecular weight excluding hydrogens is 542 g/mol. The molecule has 1 spiro atoms. The van der Waals surface area contributed by atoms with Gasteiger partial charge in [0.05, 0.1) is 42.4 Å². The molecule has 0 unspecified atom stereocenters. The molecule has 6 heterocycles. The van der Waals surface area contributed by atoms with Crippen LogP contribution in [0.5, 0.6) is 11.5 Å². The van der Waals surface area contributed by atoms with Crippen molar-refractivity contribution in [1.82, 2.24) is 25.1 Å². The summed E-state index contributed by atoms with van der Waals surface area (Å²) in [6, 6.07) is 7.70. The number of carbonyl (C=O) groups is 3. The van der Waals surface area contributed by atoms with Crippen LogP contribution < -0.4 is 14.8 Å². The van der Waals surface area contributed by atoms with E-state index < -0.39 is 5.41 Å². The number of pyridine rings is 1. The van der Waals surface area contributed by atoms with Crippen molar-refractivity contribution in [3.8, 4) is 11.5 Å². The number of ether oxygens (including phenoxy) is 2. The van der Waals surface area contributed by atoms with Crippen molar-refractivity contribution >= 4 is 29.1 Å². The summed E-state index contributed by atoms with van der Waals surface area (Å²) in [5, 5.41) is 5.87. The first-order valence-electron chi connectivity index (χ1n) is 13.9. The number of para-hydroxylation sites is 1. The molecule has 1 N–H and O–H groups in total. The van der Waals surface area contributed by atoms with Gasteiger partial charge in [0, 0.05) is 60.8 Å². The summed E-state index contributed by atoms with van der Waals surface area (Å²) in [7, 11) is 0. The van der Waals surface area contributed by atoms with Crippen LogP contribution in [0.3, 0.4) is 0 Å². The molecule has 7 rings (SSSR count). The third-order valence-corrected chi connectivity index (χ3v) is 8.92. The average Bonchev–Trinajstić information content (AvgIpc) is 3.56. The van der Waals surface area contributed by atoms with Gasteiger partial charge in [0.15, 0.2) is 11.5 Å². The lowest BCUT2D eigenvalue weighted by Crippen LogP contribution is -2.50. The molecular formula is C30H33N5O5S. The Morgan fingerprint density at radius 3 is 2.88 bits per heavy atom. The average molecular weight is 576 g/mol. The number of benzene rings is 1. The lowest BCUT2D eigenvalue weighted by Gasteiger charge is -2.40. The van der Waals surface area contributed by atoms with Gasteiger partial charge in [-0.3, -0.25) is 19.4 Å². The fourth-order valence-electron chi connectivity index (χ4n) is 6.06. The molecule has 2 aromatic heterocycles. The maximum Gasteiger partial charge on any atom is 0.255 e. The number of nitrogens with zero attached hydrogens (tertiary/aromatic N) is 4. The smallest absolute Gasteiger partial charge is 0.255 e. The predicted molar refractivity (Wildman–Crippen MR) is 152 cm³/mol. The quantitative estimate of drug-likeness (QED) is 0.511. The minimum absolute atomic E-state index is 0.0578. The van der Waals surface area contributed by atoms with Crippen LogP contribution in [0.15, 0.2) is 42.0 Å². The molecule has 41 heavy (non-hydrogen) atoms. The number of fused-ring (bicyclic) bond motifs is 9. The number of amides is 3. The number of carbonyl (C=O) groups excluding carboxylic acids is 3. The minimum Gasteiger partial charge on any atom is -0.490 e. The van der Waals surface area contributed by atoms with E-state index >= 15 is 0 Å². The van der Waals surface area contributed by atoms with Crippen LogP contribution in [-0.2, 0) is 16.0 Å². The molecule has 1 saturated heterocycles. The molecule has 3 amide bonds. The zero-order valence-electron chi connectivity index (χ0n) is 23.2. The Balaban J connectivity index is 1.27. The van der Waals surface area contributed by atoms with Crippen molar-refractivity contribution in [3.63, 3.8) is 0 Å². The third-order valence-electron chi connectivity index (χ3n) is 8.10. The second kappa shape index (κ2) is 11.1. The summed E-state index contributed by atoms with van der Waals surface area (Å²) in [4.78, 5) is 52.1. The number of thiazole rings is 1. The number of aromatic nitrogens is 2. The summed E-state index contributed by atoms with van der Waals surface area (Å²) in [6.45, 7) is 6.04. The molecule has 0 aliphatic carbocycles. The van der Waals surface area contributed by atoms with Gasteiger partial charge in [-0.25, -0.2) is 4.98 Å². The van der Waals surface area contributed by atoms with Crippen molar-refractivity contribution < 1.29 is 23.9 Å². The van der Waals surface area contributed by atoms with Crippen molar-refractivity contribution in [2.75, 3.05) is 45.9 Å². The first-order valence-corrected chi connectivity index (χ1v) is 14.7. The Hall–Kier alpha value is -3.99. The lowest BCUT2D eigenvalue weighted by molar-refractivity contribution is -0.136. The molecule has 214 valence electrons. The molecule has 10 nitrogen and oxygen atoms in total. The molecule has 1 fully saturated rings. The van der Waals surface area contributed by atoms with Crippen molar-refractivity contribution in [2.45, 2.75) is 32.6 Å². The molecule has 3 aromatic rings. The van der Waals surface area contributed by atoms with E-state index in [4.69, 9.17) is 9.47 Å². The highest BCUT2D eigenvalue weighted by Crippen LogP contribution is 2.52. The van der Waals surface area contributed by atoms with Crippen LogP contribution in [0.1, 0.15) is 44.5 Å². The van der Waals surface area contributed by atoms with E-state index in [1.54, 1.807) is 17.3 Å². The highest BCUT2D eigenvalue weighted by Gasteiger charge is 2.53. The van der Waals surface area contributed by atoms with Gasteiger partial charge in [-0.1, -0.05) is 12.1 Å². The second-order valence-corrected chi connectivity index (χ2v) is 12.2. The lowest BCUT2D eigenvalue weighted by atomic mass is 9.73. The fraction of sp³-hybridized carbons (Fsp3) is 0.433. The van der Waals surface area contributed by atoms with E-state index in [0.717, 1.165) is 16.1 Å². The van der Waals surface area contributed by atoms with Crippen LogP contribution >= 0.6 is 11.3 Å². The topological polar surface area (TPSA) is 114 Å². The zero-order chi connectivity index (χ0) is 28.6. The van der Waals surface area contributed by atoms with Gasteiger partial charge in [0.1, 0.15) is 0 Å². The number of rotatable bonds is 3. The van der Waals surface area contributed by atoms with Gasteiger partial charge in [0.2, 0.25) is 11.8 Å². The first kappa shape index (κ1) is 27.2. The van der Waals surface area contributed by atoms with Gasteiger partial charge in [0.25, 0.3) is 5.91 Å². The molecule has 1 aromatic carbocycles. The largest absolute Gasteiger partial charge is 0.490 e. The number of aryl methyl sites for hydroxylation is 2. The number of hydrogen-bond acceptors (Lipinski definition) is 8. The van der Waals surface area contributed by atoms with Crippen LogP contribution in [0.25, 0.3) is 0 Å². The maximum absolute atomic E-state index is 13.6. The summed E-state index contributed by atoms with van der Waals surface area (Å²) < 4.78 is 12.5. The number of hydrogen-bond donors (Lipinski definition) is 1. The second-order valence-electron chi connectivity index (χ2n) is 11.1. The predicted octanol–water partition coefficient (Wildman–Crippen LogP) is 2.74. The molecule has 4 bridgehead atoms. The SMILES string of the molecule is Cc1cncc(C(=O)N2C[C@H]3c4cccc5c4OC[C@@]3(CNC(=O)CN(C(=O)Cc3csc(C)n3)CCCO5)C2)c1. The molecule has 0 saturated carbocycles. The van der Waals surface area contributed by atoms with Crippen molar-refractivity contribution in [2.24, 2.45) is 5.41 Å². The Bertz CT molecular complexity index is 1490. The Morgan fingerprint density at radius 2 is 2.07 bits per heavy atom. The summed E-state index contributed by atoms with van der Waals surface area (Å²) in [5.74, 6) is 0.793. The summed E-state index contributed by atoms with van der Waals surface area (Å²) in [6.07, 6.45) is 4.02. The Morgan fingerprint density at radius 1 is 1.20 bits per heavy atom. The molecule has 4 aliphatic rings. The van der Waals surface area contributed by atoms with Gasteiger partial charge >= 0.3 is 0 Å². The molecule has 0 radical (unpaired) electrons. The normalized spacial score (nSPS) is 22.3. The monoisotopic (exact) mass is 575 g/mol. The number of nitrogens with one attached hydrogen (secondary N) is 1.